The predicted octanol–water partition coefficient (Wildman–Crippen LogP) is 13.5. The monoisotopic (exact) mass is 706 g/mol. The Bertz CT molecular complexity index is 659. The summed E-state index contributed by atoms with van der Waals surface area (Å²) in [6.45, 7) is 7.59. The van der Waals surface area contributed by atoms with Gasteiger partial charge in [-0.15, -0.1) is 0 Å². The molecule has 1 atom stereocenters. The Labute approximate surface area is 302 Å². The standard InChI is InChI=1S/C41H85NO.H2O4S/c1-5-7-9-11-13-15-17-19-21-23-25-27-29-31-33-35-37-41(39-42(4)40(3)43)38-36-34-32-30-28-26-24-22-20-18-16-14-12-10-8-6-2;1-5(2,3)4/h40-41,43H,5-39H2,1-4H3;(H2,1,2,3,4). The van der Waals surface area contributed by atoms with Crippen LogP contribution in [0.25, 0.3) is 0 Å². The van der Waals surface area contributed by atoms with Crippen molar-refractivity contribution in [3.05, 3.63) is 0 Å². The summed E-state index contributed by atoms with van der Waals surface area (Å²) in [5, 5.41) is 10.0. The molecule has 0 fully saturated rings. The third kappa shape index (κ3) is 47.9. The Morgan fingerprint density at radius 1 is 0.438 bits per heavy atom. The molecule has 0 heterocycles. The zero-order valence-electron chi connectivity index (χ0n) is 32.9. The molecule has 0 spiro atoms. The van der Waals surface area contributed by atoms with E-state index in [0.717, 1.165) is 12.5 Å². The molecule has 0 aliphatic carbocycles. The molecule has 0 aromatic rings. The van der Waals surface area contributed by atoms with Gasteiger partial charge in [0.1, 0.15) is 6.23 Å². The molecule has 0 aromatic heterocycles. The molecule has 292 valence electrons. The summed E-state index contributed by atoms with van der Waals surface area (Å²) < 4.78 is 31.6. The van der Waals surface area contributed by atoms with Crippen molar-refractivity contribution < 1.29 is 22.6 Å². The maximum Gasteiger partial charge on any atom is 0.394 e. The molecule has 0 aliphatic rings. The van der Waals surface area contributed by atoms with Gasteiger partial charge in [-0.2, -0.15) is 8.42 Å². The summed E-state index contributed by atoms with van der Waals surface area (Å²) in [6, 6.07) is 0. The van der Waals surface area contributed by atoms with Crippen molar-refractivity contribution in [3.63, 3.8) is 0 Å². The van der Waals surface area contributed by atoms with Crippen LogP contribution in [0.3, 0.4) is 0 Å². The van der Waals surface area contributed by atoms with E-state index < -0.39 is 10.4 Å². The van der Waals surface area contributed by atoms with Crippen molar-refractivity contribution >= 4 is 10.4 Å². The fourth-order valence-corrected chi connectivity index (χ4v) is 6.85. The van der Waals surface area contributed by atoms with E-state index >= 15 is 0 Å². The molecule has 0 aliphatic heterocycles. The quantitative estimate of drug-likeness (QED) is 0.0338. The Morgan fingerprint density at radius 3 is 0.812 bits per heavy atom. The molecule has 6 nitrogen and oxygen atoms in total. The van der Waals surface area contributed by atoms with Gasteiger partial charge in [0.25, 0.3) is 0 Å². The molecule has 0 bridgehead atoms. The van der Waals surface area contributed by atoms with Crippen LogP contribution in [-0.2, 0) is 10.4 Å². The minimum Gasteiger partial charge on any atom is -0.379 e. The van der Waals surface area contributed by atoms with Gasteiger partial charge in [0.2, 0.25) is 0 Å². The first kappa shape index (κ1) is 49.9. The topological polar surface area (TPSA) is 98.1 Å². The fraction of sp³-hybridized carbons (Fsp3) is 1.00. The smallest absolute Gasteiger partial charge is 0.379 e. The largest absolute Gasteiger partial charge is 0.394 e. The van der Waals surface area contributed by atoms with Crippen LogP contribution in [0.15, 0.2) is 0 Å². The Kier molecular flexibility index (Phi) is 41.1. The third-order valence-electron chi connectivity index (χ3n) is 10.1. The Morgan fingerprint density at radius 2 is 0.625 bits per heavy atom. The average Bonchev–Trinajstić information content (AvgIpc) is 3.03. The lowest BCUT2D eigenvalue weighted by atomic mass is 9.93. The van der Waals surface area contributed by atoms with Crippen molar-refractivity contribution in [3.8, 4) is 0 Å². The van der Waals surface area contributed by atoms with E-state index in [-0.39, 0.29) is 6.23 Å². The summed E-state index contributed by atoms with van der Waals surface area (Å²) in [5.74, 6) is 0.762. The second kappa shape index (κ2) is 39.6. The van der Waals surface area contributed by atoms with E-state index in [1.165, 1.54) is 218 Å². The lowest BCUT2D eigenvalue weighted by Gasteiger charge is -2.26. The van der Waals surface area contributed by atoms with Gasteiger partial charge in [0.15, 0.2) is 0 Å². The van der Waals surface area contributed by atoms with Gasteiger partial charge in [-0.05, 0) is 32.7 Å². The maximum absolute atomic E-state index is 10.0. The second-order valence-electron chi connectivity index (χ2n) is 15.1. The highest BCUT2D eigenvalue weighted by atomic mass is 32.3. The molecular formula is C41H87NO5S. The van der Waals surface area contributed by atoms with E-state index in [0.29, 0.717) is 0 Å². The molecule has 0 saturated heterocycles. The number of aliphatic hydroxyl groups excluding tert-OH is 1. The van der Waals surface area contributed by atoms with Crippen molar-refractivity contribution in [2.24, 2.45) is 5.92 Å². The molecule has 7 heteroatoms. The zero-order chi connectivity index (χ0) is 36.0. The van der Waals surface area contributed by atoms with Gasteiger partial charge in [0.05, 0.1) is 0 Å². The van der Waals surface area contributed by atoms with E-state index in [4.69, 9.17) is 17.5 Å². The minimum absolute atomic E-state index is 0.320. The molecule has 0 amide bonds. The zero-order valence-corrected chi connectivity index (χ0v) is 33.7. The summed E-state index contributed by atoms with van der Waals surface area (Å²) in [4.78, 5) is 2.16. The van der Waals surface area contributed by atoms with Gasteiger partial charge in [-0.25, -0.2) is 0 Å². The van der Waals surface area contributed by atoms with Crippen molar-refractivity contribution in [1.29, 1.82) is 0 Å². The van der Waals surface area contributed by atoms with Crippen LogP contribution >= 0.6 is 0 Å². The van der Waals surface area contributed by atoms with E-state index in [1.807, 2.05) is 6.92 Å². The normalized spacial score (nSPS) is 12.5. The maximum atomic E-state index is 10.0. The molecular weight excluding hydrogens is 619 g/mol. The van der Waals surface area contributed by atoms with Gasteiger partial charge < -0.3 is 5.11 Å². The van der Waals surface area contributed by atoms with Crippen LogP contribution in [0.2, 0.25) is 0 Å². The number of rotatable bonds is 37. The van der Waals surface area contributed by atoms with E-state index in [1.54, 1.807) is 0 Å². The van der Waals surface area contributed by atoms with Crippen LogP contribution in [-0.4, -0.2) is 47.4 Å². The van der Waals surface area contributed by atoms with Gasteiger partial charge >= 0.3 is 10.4 Å². The minimum atomic E-state index is -4.67. The van der Waals surface area contributed by atoms with Crippen molar-refractivity contribution in [1.82, 2.24) is 4.90 Å². The van der Waals surface area contributed by atoms with Crippen molar-refractivity contribution in [2.75, 3.05) is 13.6 Å². The first-order chi connectivity index (χ1) is 23.1. The molecule has 0 saturated carbocycles. The lowest BCUT2D eigenvalue weighted by molar-refractivity contribution is 0.0255. The highest BCUT2D eigenvalue weighted by Crippen LogP contribution is 2.22. The highest BCUT2D eigenvalue weighted by molar-refractivity contribution is 7.79. The van der Waals surface area contributed by atoms with E-state index in [2.05, 4.69) is 25.8 Å². The first-order valence-corrected chi connectivity index (χ1v) is 22.6. The van der Waals surface area contributed by atoms with Gasteiger partial charge in [-0.1, -0.05) is 219 Å². The summed E-state index contributed by atoms with van der Waals surface area (Å²) in [7, 11) is -2.57. The number of aliphatic hydroxyl groups is 1. The Balaban J connectivity index is 0. The molecule has 0 aromatic carbocycles. The molecule has 3 N–H and O–H groups in total. The molecule has 48 heavy (non-hydrogen) atoms. The number of hydrogen-bond donors (Lipinski definition) is 3. The van der Waals surface area contributed by atoms with Crippen molar-refractivity contribution in [2.45, 2.75) is 245 Å². The number of nitrogens with zero attached hydrogens (tertiary/aromatic N) is 1. The average molecular weight is 706 g/mol. The van der Waals surface area contributed by atoms with Crippen LogP contribution in [0, 0.1) is 5.92 Å². The van der Waals surface area contributed by atoms with Crippen LogP contribution < -0.4 is 0 Å². The lowest BCUT2D eigenvalue weighted by Crippen LogP contribution is -2.33. The number of hydrogen-bond acceptors (Lipinski definition) is 4. The van der Waals surface area contributed by atoms with Gasteiger partial charge in [-0.3, -0.25) is 14.0 Å². The highest BCUT2D eigenvalue weighted by Gasteiger charge is 2.14. The Hall–Kier alpha value is -0.210. The van der Waals surface area contributed by atoms with Gasteiger partial charge in [0, 0.05) is 6.54 Å². The predicted molar refractivity (Wildman–Crippen MR) is 210 cm³/mol. The first-order valence-electron chi connectivity index (χ1n) is 21.2. The third-order valence-corrected chi connectivity index (χ3v) is 10.1. The number of unbranched alkanes of at least 4 members (excludes halogenated alkanes) is 30. The van der Waals surface area contributed by atoms with Crippen LogP contribution in [0.4, 0.5) is 0 Å². The second-order valence-corrected chi connectivity index (χ2v) is 16.0. The molecule has 0 radical (unpaired) electrons. The summed E-state index contributed by atoms with van der Waals surface area (Å²) in [6.07, 6.45) is 48.5. The SMILES string of the molecule is CCCCCCCCCCCCCCCCCCC(CCCCCCCCCCCCCCCCCC)CN(C)C(C)O.O=S(=O)(O)O. The molecule has 0 rings (SSSR count). The molecule has 1 unspecified atom stereocenters. The fourth-order valence-electron chi connectivity index (χ4n) is 6.85. The summed E-state index contributed by atoms with van der Waals surface area (Å²) in [5.41, 5.74) is 0. The van der Waals surface area contributed by atoms with Crippen LogP contribution in [0.1, 0.15) is 239 Å². The summed E-state index contributed by atoms with van der Waals surface area (Å²) >= 11 is 0. The van der Waals surface area contributed by atoms with Crippen LogP contribution in [0.5, 0.6) is 0 Å². The van der Waals surface area contributed by atoms with E-state index in [9.17, 15) is 5.11 Å².